The van der Waals surface area contributed by atoms with Crippen molar-refractivity contribution in [2.75, 3.05) is 11.1 Å². The first-order valence-corrected chi connectivity index (χ1v) is 6.46. The maximum absolute atomic E-state index is 5.60. The Morgan fingerprint density at radius 2 is 2.22 bits per heavy atom. The molecule has 2 aromatic rings. The molecule has 2 rings (SSSR count). The molecule has 0 bridgehead atoms. The molecule has 18 heavy (non-hydrogen) atoms. The van der Waals surface area contributed by atoms with E-state index < -0.39 is 0 Å². The van der Waals surface area contributed by atoms with E-state index in [-0.39, 0.29) is 18.1 Å². The van der Waals surface area contributed by atoms with Gasteiger partial charge in [-0.2, -0.15) is 15.0 Å². The summed E-state index contributed by atoms with van der Waals surface area (Å²) in [6.45, 7) is 4.46. The Morgan fingerprint density at radius 1 is 1.39 bits per heavy atom. The molecule has 0 aliphatic rings. The molecule has 0 fully saturated rings. The van der Waals surface area contributed by atoms with Crippen LogP contribution in [-0.2, 0) is 6.54 Å². The molecule has 0 amide bonds. The minimum absolute atomic E-state index is 0.00283. The Bertz CT molecular complexity index is 500. The van der Waals surface area contributed by atoms with Crippen molar-refractivity contribution in [2.24, 2.45) is 0 Å². The number of hydrogen-bond donors (Lipinski definition) is 2. The fourth-order valence-electron chi connectivity index (χ4n) is 1.29. The van der Waals surface area contributed by atoms with Gasteiger partial charge in [0.2, 0.25) is 11.9 Å². The second kappa shape index (κ2) is 5.63. The van der Waals surface area contributed by atoms with Gasteiger partial charge in [-0.05, 0) is 25.3 Å². The van der Waals surface area contributed by atoms with E-state index in [9.17, 15) is 0 Å². The van der Waals surface area contributed by atoms with E-state index in [1.807, 2.05) is 31.4 Å². The van der Waals surface area contributed by atoms with E-state index in [0.29, 0.717) is 12.5 Å². The van der Waals surface area contributed by atoms with Crippen molar-refractivity contribution in [1.29, 1.82) is 0 Å². The predicted octanol–water partition coefficient (Wildman–Crippen LogP) is 1.91. The molecule has 0 radical (unpaired) electrons. The van der Waals surface area contributed by atoms with Gasteiger partial charge in [0.15, 0.2) is 0 Å². The van der Waals surface area contributed by atoms with Gasteiger partial charge in [0.05, 0.1) is 12.6 Å². The lowest BCUT2D eigenvalue weighted by Gasteiger charge is -2.09. The van der Waals surface area contributed by atoms with Gasteiger partial charge in [-0.15, -0.1) is 11.3 Å². The van der Waals surface area contributed by atoms with Crippen molar-refractivity contribution in [1.82, 2.24) is 15.0 Å². The topological polar surface area (TPSA) is 86.0 Å². The fraction of sp³-hybridized carbons (Fsp3) is 0.364. The van der Waals surface area contributed by atoms with Crippen molar-refractivity contribution in [3.63, 3.8) is 0 Å². The van der Waals surface area contributed by atoms with Crippen molar-refractivity contribution < 1.29 is 4.74 Å². The molecule has 0 atom stereocenters. The summed E-state index contributed by atoms with van der Waals surface area (Å²) in [7, 11) is 0. The van der Waals surface area contributed by atoms with E-state index in [1.54, 1.807) is 11.3 Å². The third kappa shape index (κ3) is 3.56. The largest absolute Gasteiger partial charge is 0.461 e. The fourth-order valence-corrected chi connectivity index (χ4v) is 1.94. The van der Waals surface area contributed by atoms with Gasteiger partial charge in [-0.25, -0.2) is 0 Å². The van der Waals surface area contributed by atoms with Gasteiger partial charge in [-0.1, -0.05) is 6.07 Å². The number of thiophene rings is 1. The summed E-state index contributed by atoms with van der Waals surface area (Å²) in [5, 5.41) is 5.11. The van der Waals surface area contributed by atoms with Gasteiger partial charge in [-0.3, -0.25) is 0 Å². The zero-order chi connectivity index (χ0) is 13.0. The first-order chi connectivity index (χ1) is 8.63. The van der Waals surface area contributed by atoms with Crippen LogP contribution in [-0.4, -0.2) is 21.1 Å². The SMILES string of the molecule is CC(C)Oc1nc(N)nc(NCc2cccs2)n1. The lowest BCUT2D eigenvalue weighted by atomic mass is 10.5. The highest BCUT2D eigenvalue weighted by Gasteiger charge is 2.07. The number of nitrogens with zero attached hydrogens (tertiary/aromatic N) is 3. The molecular formula is C11H15N5OS. The van der Waals surface area contributed by atoms with Crippen LogP contribution in [0.2, 0.25) is 0 Å². The minimum Gasteiger partial charge on any atom is -0.461 e. The Kier molecular flexibility index (Phi) is 3.93. The summed E-state index contributed by atoms with van der Waals surface area (Å²) in [6, 6.07) is 4.27. The standard InChI is InChI=1S/C11H15N5OS/c1-7(2)17-11-15-9(12)14-10(16-11)13-6-8-4-3-5-18-8/h3-5,7H,6H2,1-2H3,(H3,12,13,14,15,16). The summed E-state index contributed by atoms with van der Waals surface area (Å²) in [5.74, 6) is 0.570. The van der Waals surface area contributed by atoms with Crippen LogP contribution >= 0.6 is 11.3 Å². The van der Waals surface area contributed by atoms with Crippen LogP contribution in [0.5, 0.6) is 6.01 Å². The highest BCUT2D eigenvalue weighted by atomic mass is 32.1. The smallest absolute Gasteiger partial charge is 0.323 e. The lowest BCUT2D eigenvalue weighted by molar-refractivity contribution is 0.222. The van der Waals surface area contributed by atoms with E-state index >= 15 is 0 Å². The summed E-state index contributed by atoms with van der Waals surface area (Å²) >= 11 is 1.67. The van der Waals surface area contributed by atoms with Crippen LogP contribution < -0.4 is 15.8 Å². The number of hydrogen-bond acceptors (Lipinski definition) is 7. The van der Waals surface area contributed by atoms with Gasteiger partial charge >= 0.3 is 6.01 Å². The van der Waals surface area contributed by atoms with E-state index in [2.05, 4.69) is 20.3 Å². The van der Waals surface area contributed by atoms with Gasteiger partial charge in [0, 0.05) is 4.88 Å². The summed E-state index contributed by atoms with van der Waals surface area (Å²) in [6.07, 6.45) is -0.00283. The predicted molar refractivity (Wildman–Crippen MR) is 71.6 cm³/mol. The molecule has 0 saturated heterocycles. The average Bonchev–Trinajstić information content (AvgIpc) is 2.77. The molecule has 2 heterocycles. The zero-order valence-electron chi connectivity index (χ0n) is 10.3. The first kappa shape index (κ1) is 12.6. The number of aromatic nitrogens is 3. The number of nitrogens with one attached hydrogen (secondary N) is 1. The van der Waals surface area contributed by atoms with Crippen molar-refractivity contribution in [2.45, 2.75) is 26.5 Å². The Balaban J connectivity index is 2.05. The van der Waals surface area contributed by atoms with Crippen LogP contribution in [0.1, 0.15) is 18.7 Å². The molecule has 6 nitrogen and oxygen atoms in total. The first-order valence-electron chi connectivity index (χ1n) is 5.58. The molecule has 3 N–H and O–H groups in total. The number of nitrogens with two attached hydrogens (primary N) is 1. The molecule has 96 valence electrons. The number of rotatable bonds is 5. The lowest BCUT2D eigenvalue weighted by Crippen LogP contribution is -2.12. The number of anilines is 2. The average molecular weight is 265 g/mol. The summed E-state index contributed by atoms with van der Waals surface area (Å²) in [4.78, 5) is 13.3. The van der Waals surface area contributed by atoms with Crippen molar-refractivity contribution in [3.05, 3.63) is 22.4 Å². The molecular weight excluding hydrogens is 250 g/mol. The Morgan fingerprint density at radius 3 is 2.89 bits per heavy atom. The molecule has 0 aliphatic heterocycles. The van der Waals surface area contributed by atoms with E-state index in [1.165, 1.54) is 4.88 Å². The molecule has 2 aromatic heterocycles. The van der Waals surface area contributed by atoms with Crippen LogP contribution in [0.3, 0.4) is 0 Å². The monoisotopic (exact) mass is 265 g/mol. The summed E-state index contributed by atoms with van der Waals surface area (Å²) in [5.41, 5.74) is 5.60. The normalized spacial score (nSPS) is 10.6. The molecule has 0 spiro atoms. The highest BCUT2D eigenvalue weighted by Crippen LogP contribution is 2.13. The van der Waals surface area contributed by atoms with Crippen LogP contribution in [0.15, 0.2) is 17.5 Å². The number of ether oxygens (including phenoxy) is 1. The van der Waals surface area contributed by atoms with Crippen LogP contribution in [0.4, 0.5) is 11.9 Å². The highest BCUT2D eigenvalue weighted by molar-refractivity contribution is 7.09. The molecule has 0 aliphatic carbocycles. The van der Waals surface area contributed by atoms with E-state index in [4.69, 9.17) is 10.5 Å². The maximum atomic E-state index is 5.60. The maximum Gasteiger partial charge on any atom is 0.323 e. The summed E-state index contributed by atoms with van der Waals surface area (Å²) < 4.78 is 5.39. The van der Waals surface area contributed by atoms with Crippen molar-refractivity contribution in [3.8, 4) is 6.01 Å². The zero-order valence-corrected chi connectivity index (χ0v) is 11.1. The molecule has 0 aromatic carbocycles. The van der Waals surface area contributed by atoms with Gasteiger partial charge in [0.25, 0.3) is 0 Å². The quantitative estimate of drug-likeness (QED) is 0.859. The molecule has 0 saturated carbocycles. The van der Waals surface area contributed by atoms with Gasteiger partial charge in [0.1, 0.15) is 0 Å². The second-order valence-electron chi connectivity index (χ2n) is 3.90. The third-order valence-corrected chi connectivity index (χ3v) is 2.85. The minimum atomic E-state index is -0.00283. The molecule has 0 unspecified atom stereocenters. The Hall–Kier alpha value is -1.89. The number of nitrogen functional groups attached to an aromatic ring is 1. The van der Waals surface area contributed by atoms with Crippen LogP contribution in [0, 0.1) is 0 Å². The Labute approximate surface area is 109 Å². The van der Waals surface area contributed by atoms with Crippen LogP contribution in [0.25, 0.3) is 0 Å². The van der Waals surface area contributed by atoms with E-state index in [0.717, 1.165) is 0 Å². The third-order valence-electron chi connectivity index (χ3n) is 1.97. The molecule has 7 heteroatoms. The second-order valence-corrected chi connectivity index (χ2v) is 4.93. The van der Waals surface area contributed by atoms with Gasteiger partial charge < -0.3 is 15.8 Å². The van der Waals surface area contributed by atoms with Crippen molar-refractivity contribution >= 4 is 23.2 Å².